The van der Waals surface area contributed by atoms with Crippen LogP contribution in [0.3, 0.4) is 0 Å². The second kappa shape index (κ2) is 3.70. The Morgan fingerprint density at radius 1 is 1.23 bits per heavy atom. The fourth-order valence-corrected chi connectivity index (χ4v) is 1.41. The van der Waals surface area contributed by atoms with Crippen LogP contribution in [0.5, 0.6) is 0 Å². The predicted octanol–water partition coefficient (Wildman–Crippen LogP) is 2.09. The first-order valence-corrected chi connectivity index (χ1v) is 4.73. The maximum absolute atomic E-state index is 4.13. The van der Waals surface area contributed by atoms with Gasteiger partial charge in [-0.05, 0) is 21.5 Å². The average Bonchev–Trinajstić information content (AvgIpc) is 2.53. The third-order valence-corrected chi connectivity index (χ3v) is 2.06. The first-order valence-electron chi connectivity index (χ1n) is 3.93. The maximum Gasteiger partial charge on any atom is 0.217 e. The van der Waals surface area contributed by atoms with Crippen LogP contribution in [0.4, 0.5) is 0 Å². The van der Waals surface area contributed by atoms with Crippen molar-refractivity contribution in [3.05, 3.63) is 47.0 Å². The van der Waals surface area contributed by atoms with Gasteiger partial charge in [0.2, 0.25) is 4.73 Å². The molecule has 2 rings (SSSR count). The van der Waals surface area contributed by atoms with E-state index in [1.807, 2.05) is 18.2 Å². The molecule has 0 fully saturated rings. The van der Waals surface area contributed by atoms with E-state index in [0.29, 0.717) is 4.73 Å². The van der Waals surface area contributed by atoms with Gasteiger partial charge in [-0.25, -0.2) is 9.67 Å². The minimum Gasteiger partial charge on any atom is -0.247 e. The molecule has 0 aliphatic heterocycles. The Kier molecular flexibility index (Phi) is 2.40. The van der Waals surface area contributed by atoms with Crippen molar-refractivity contribution in [1.82, 2.24) is 14.8 Å². The van der Waals surface area contributed by atoms with Crippen LogP contribution in [0.1, 0.15) is 5.56 Å². The molecule has 0 atom stereocenters. The van der Waals surface area contributed by atoms with Gasteiger partial charge in [-0.1, -0.05) is 30.3 Å². The molecule has 3 nitrogen and oxygen atoms in total. The molecule has 0 saturated heterocycles. The summed E-state index contributed by atoms with van der Waals surface area (Å²) in [5, 5.41) is 4.13. The Bertz CT molecular complexity index is 383. The smallest absolute Gasteiger partial charge is 0.217 e. The molecule has 0 N–H and O–H groups in total. The zero-order chi connectivity index (χ0) is 9.10. The van der Waals surface area contributed by atoms with Crippen LogP contribution >= 0.6 is 15.9 Å². The quantitative estimate of drug-likeness (QED) is 0.801. The second-order valence-corrected chi connectivity index (χ2v) is 3.41. The van der Waals surface area contributed by atoms with E-state index in [1.54, 1.807) is 11.0 Å². The number of halogens is 1. The fraction of sp³-hybridized carbons (Fsp3) is 0.111. The van der Waals surface area contributed by atoms with E-state index in [9.17, 15) is 0 Å². The standard InChI is InChI=1S/C9H8BrN3/c10-9-11-7-13(12-9)6-8-4-2-1-3-5-8/h1-5,7H,6H2. The zero-order valence-electron chi connectivity index (χ0n) is 6.89. The molecule has 66 valence electrons. The van der Waals surface area contributed by atoms with Gasteiger partial charge in [0.1, 0.15) is 6.33 Å². The van der Waals surface area contributed by atoms with E-state index in [0.717, 1.165) is 6.54 Å². The zero-order valence-corrected chi connectivity index (χ0v) is 8.48. The Labute approximate surface area is 84.5 Å². The lowest BCUT2D eigenvalue weighted by Gasteiger charge is -1.98. The van der Waals surface area contributed by atoms with E-state index < -0.39 is 0 Å². The lowest BCUT2D eigenvalue weighted by Crippen LogP contribution is -1.99. The molecular weight excluding hydrogens is 230 g/mol. The van der Waals surface area contributed by atoms with Crippen molar-refractivity contribution in [3.8, 4) is 0 Å². The molecule has 1 aromatic heterocycles. The van der Waals surface area contributed by atoms with Gasteiger partial charge < -0.3 is 0 Å². The third-order valence-electron chi connectivity index (χ3n) is 1.70. The Morgan fingerprint density at radius 3 is 2.62 bits per heavy atom. The maximum atomic E-state index is 4.13. The Morgan fingerprint density at radius 2 is 2.00 bits per heavy atom. The number of hydrogen-bond acceptors (Lipinski definition) is 2. The molecular formula is C9H8BrN3. The largest absolute Gasteiger partial charge is 0.247 e. The SMILES string of the molecule is Brc1ncn(Cc2ccccc2)n1. The van der Waals surface area contributed by atoms with Gasteiger partial charge in [0.05, 0.1) is 6.54 Å². The van der Waals surface area contributed by atoms with Crippen molar-refractivity contribution >= 4 is 15.9 Å². The molecule has 1 aromatic carbocycles. The van der Waals surface area contributed by atoms with Gasteiger partial charge >= 0.3 is 0 Å². The fourth-order valence-electron chi connectivity index (χ4n) is 1.12. The van der Waals surface area contributed by atoms with Gasteiger partial charge in [-0.3, -0.25) is 0 Å². The number of benzene rings is 1. The van der Waals surface area contributed by atoms with Crippen LogP contribution in [-0.2, 0) is 6.54 Å². The summed E-state index contributed by atoms with van der Waals surface area (Å²) in [6.45, 7) is 0.763. The molecule has 2 aromatic rings. The summed E-state index contributed by atoms with van der Waals surface area (Å²) in [7, 11) is 0. The van der Waals surface area contributed by atoms with Crippen LogP contribution < -0.4 is 0 Å². The molecule has 0 spiro atoms. The van der Waals surface area contributed by atoms with Crippen molar-refractivity contribution in [2.45, 2.75) is 6.54 Å². The van der Waals surface area contributed by atoms with E-state index in [2.05, 4.69) is 38.1 Å². The minimum atomic E-state index is 0.628. The van der Waals surface area contributed by atoms with E-state index in [1.165, 1.54) is 5.56 Å². The summed E-state index contributed by atoms with van der Waals surface area (Å²) in [6, 6.07) is 10.2. The highest BCUT2D eigenvalue weighted by Crippen LogP contribution is 2.03. The molecule has 0 aliphatic rings. The second-order valence-electron chi connectivity index (χ2n) is 2.70. The van der Waals surface area contributed by atoms with E-state index in [-0.39, 0.29) is 0 Å². The highest BCUT2D eigenvalue weighted by atomic mass is 79.9. The molecule has 0 bridgehead atoms. The molecule has 1 heterocycles. The van der Waals surface area contributed by atoms with Crippen LogP contribution in [0.25, 0.3) is 0 Å². The topological polar surface area (TPSA) is 30.7 Å². The molecule has 4 heteroatoms. The van der Waals surface area contributed by atoms with Crippen molar-refractivity contribution in [3.63, 3.8) is 0 Å². The Hall–Kier alpha value is -1.16. The van der Waals surface area contributed by atoms with Crippen molar-refractivity contribution in [2.24, 2.45) is 0 Å². The summed E-state index contributed by atoms with van der Waals surface area (Å²) in [4.78, 5) is 3.98. The van der Waals surface area contributed by atoms with Gasteiger partial charge in [0, 0.05) is 0 Å². The summed E-state index contributed by atoms with van der Waals surface area (Å²) in [6.07, 6.45) is 1.71. The van der Waals surface area contributed by atoms with Gasteiger partial charge in [-0.15, -0.1) is 5.10 Å². The third kappa shape index (κ3) is 2.15. The van der Waals surface area contributed by atoms with Crippen molar-refractivity contribution < 1.29 is 0 Å². The van der Waals surface area contributed by atoms with E-state index in [4.69, 9.17) is 0 Å². The van der Waals surface area contributed by atoms with E-state index >= 15 is 0 Å². The summed E-state index contributed by atoms with van der Waals surface area (Å²) in [5.41, 5.74) is 1.22. The molecule has 0 unspecified atom stereocenters. The number of aromatic nitrogens is 3. The predicted molar refractivity (Wildman–Crippen MR) is 53.3 cm³/mol. The summed E-state index contributed by atoms with van der Waals surface area (Å²) < 4.78 is 2.42. The lowest BCUT2D eigenvalue weighted by atomic mass is 10.2. The van der Waals surface area contributed by atoms with Gasteiger partial charge in [-0.2, -0.15) is 0 Å². The molecule has 0 amide bonds. The lowest BCUT2D eigenvalue weighted by molar-refractivity contribution is 0.681. The van der Waals surface area contributed by atoms with Gasteiger partial charge in [0.15, 0.2) is 0 Å². The molecule has 13 heavy (non-hydrogen) atoms. The van der Waals surface area contributed by atoms with Crippen LogP contribution in [0.2, 0.25) is 0 Å². The average molecular weight is 238 g/mol. The van der Waals surface area contributed by atoms with Crippen molar-refractivity contribution in [2.75, 3.05) is 0 Å². The van der Waals surface area contributed by atoms with Crippen LogP contribution in [-0.4, -0.2) is 14.8 Å². The van der Waals surface area contributed by atoms with Crippen LogP contribution in [0.15, 0.2) is 41.4 Å². The Balaban J connectivity index is 2.15. The molecule has 0 radical (unpaired) electrons. The highest BCUT2D eigenvalue weighted by Gasteiger charge is 1.96. The first-order chi connectivity index (χ1) is 6.34. The number of rotatable bonds is 2. The minimum absolute atomic E-state index is 0.628. The summed E-state index contributed by atoms with van der Waals surface area (Å²) >= 11 is 3.20. The monoisotopic (exact) mass is 237 g/mol. The number of nitrogens with zero attached hydrogens (tertiary/aromatic N) is 3. The molecule has 0 saturated carbocycles. The summed E-state index contributed by atoms with van der Waals surface area (Å²) in [5.74, 6) is 0. The number of hydrogen-bond donors (Lipinski definition) is 0. The highest BCUT2D eigenvalue weighted by molar-refractivity contribution is 9.10. The van der Waals surface area contributed by atoms with Crippen molar-refractivity contribution in [1.29, 1.82) is 0 Å². The molecule has 0 aliphatic carbocycles. The van der Waals surface area contributed by atoms with Gasteiger partial charge in [0.25, 0.3) is 0 Å². The normalized spacial score (nSPS) is 10.2. The van der Waals surface area contributed by atoms with Crippen LogP contribution in [0, 0.1) is 0 Å². The first kappa shape index (κ1) is 8.44.